The minimum Gasteiger partial charge on any atom is -0.370 e. The summed E-state index contributed by atoms with van der Waals surface area (Å²) in [6, 6.07) is 9.80. The van der Waals surface area contributed by atoms with Gasteiger partial charge < -0.3 is 32.2 Å². The first-order valence-electron chi connectivity index (χ1n) is 10.8. The molecule has 10 nitrogen and oxygen atoms in total. The second-order valence-corrected chi connectivity index (χ2v) is 8.15. The van der Waals surface area contributed by atoms with Crippen molar-refractivity contribution in [3.63, 3.8) is 0 Å². The number of guanidine groups is 1. The molecule has 3 aromatic rings. The highest BCUT2D eigenvalue weighted by Gasteiger charge is 2.31. The van der Waals surface area contributed by atoms with Gasteiger partial charge in [-0.1, -0.05) is 12.1 Å². The molecule has 0 saturated carbocycles. The van der Waals surface area contributed by atoms with Gasteiger partial charge in [0.15, 0.2) is 5.96 Å². The number of hydrogen-bond acceptors (Lipinski definition) is 6. The van der Waals surface area contributed by atoms with Crippen LogP contribution in [-0.2, 0) is 11.3 Å². The van der Waals surface area contributed by atoms with Crippen molar-refractivity contribution in [3.05, 3.63) is 58.3 Å². The van der Waals surface area contributed by atoms with Crippen molar-refractivity contribution in [2.45, 2.75) is 44.6 Å². The molecule has 2 aromatic heterocycles. The van der Waals surface area contributed by atoms with Crippen molar-refractivity contribution < 1.29 is 4.74 Å². The van der Waals surface area contributed by atoms with Crippen LogP contribution in [-0.4, -0.2) is 45.7 Å². The third-order valence-electron chi connectivity index (χ3n) is 5.69. The molecule has 1 aliphatic rings. The fraction of sp³-hybridized carbons (Fsp3) is 0.409. The predicted octanol–water partition coefficient (Wildman–Crippen LogP) is 0.644. The van der Waals surface area contributed by atoms with E-state index in [0.717, 1.165) is 48.3 Å². The Morgan fingerprint density at radius 1 is 1.34 bits per heavy atom. The molecule has 0 spiro atoms. The van der Waals surface area contributed by atoms with Crippen LogP contribution in [0.3, 0.4) is 0 Å². The molecule has 1 fully saturated rings. The summed E-state index contributed by atoms with van der Waals surface area (Å²) in [5, 5.41) is 4.20. The first-order chi connectivity index (χ1) is 15.4. The van der Waals surface area contributed by atoms with E-state index >= 15 is 0 Å². The summed E-state index contributed by atoms with van der Waals surface area (Å²) in [5.74, 6) is 0.116. The maximum absolute atomic E-state index is 12.6. The van der Waals surface area contributed by atoms with Gasteiger partial charge in [0.1, 0.15) is 5.65 Å². The Morgan fingerprint density at radius 3 is 2.81 bits per heavy atom. The molecule has 4 rings (SSSR count). The minimum atomic E-state index is -0.339. The van der Waals surface area contributed by atoms with Gasteiger partial charge in [-0.3, -0.25) is 9.56 Å². The Balaban J connectivity index is 1.43. The van der Waals surface area contributed by atoms with Crippen molar-refractivity contribution in [2.75, 3.05) is 13.1 Å². The lowest BCUT2D eigenvalue weighted by molar-refractivity contribution is 0.0503. The highest BCUT2D eigenvalue weighted by atomic mass is 16.5. The van der Waals surface area contributed by atoms with E-state index in [0.29, 0.717) is 12.2 Å². The molecule has 0 bridgehead atoms. The van der Waals surface area contributed by atoms with Crippen molar-refractivity contribution in [1.82, 2.24) is 19.9 Å². The number of nitrogens with two attached hydrogens (primary N) is 3. The first-order valence-corrected chi connectivity index (χ1v) is 10.8. The molecule has 0 amide bonds. The number of hydrogen-bond donors (Lipinski definition) is 5. The number of H-pyrrole nitrogens is 1. The largest absolute Gasteiger partial charge is 0.370 e. The predicted molar refractivity (Wildman–Crippen MR) is 125 cm³/mol. The minimum absolute atomic E-state index is 0.00521. The molecule has 1 aliphatic heterocycles. The van der Waals surface area contributed by atoms with Crippen LogP contribution < -0.4 is 28.2 Å². The van der Waals surface area contributed by atoms with Crippen molar-refractivity contribution >= 4 is 17.0 Å². The average molecular weight is 439 g/mol. The Bertz CT molecular complexity index is 1140. The summed E-state index contributed by atoms with van der Waals surface area (Å²) in [5.41, 5.74) is 19.7. The molecule has 10 heteroatoms. The summed E-state index contributed by atoms with van der Waals surface area (Å²) in [7, 11) is 0. The van der Waals surface area contributed by atoms with E-state index in [4.69, 9.17) is 21.9 Å². The van der Waals surface area contributed by atoms with Crippen LogP contribution in [0.15, 0.2) is 46.3 Å². The second-order valence-electron chi connectivity index (χ2n) is 8.15. The lowest BCUT2D eigenvalue weighted by atomic mass is 10.1. The Labute approximate surface area is 185 Å². The molecule has 1 saturated heterocycles. The number of fused-ring (bicyclic) bond motifs is 1. The maximum atomic E-state index is 12.6. The summed E-state index contributed by atoms with van der Waals surface area (Å²) in [6.07, 6.45) is 3.29. The standard InChI is InChI=1S/C22H30N8O2/c1-13-17(23)10-19(32-13)18-9-15-12-30(22(31)29-20(15)28-18)16-5-3-14(4-6-16)11-26-7-2-8-27-21(24)25/h3-6,9,12-13,17,19,26H,2,7-8,10-11,23H2,1H3,(H4,24,25,27)(H,28,29,31)/t13-,17-,19?/m1/s1. The molecule has 0 aliphatic carbocycles. The van der Waals surface area contributed by atoms with Crippen LogP contribution in [0.25, 0.3) is 16.7 Å². The number of ether oxygens (including phenoxy) is 1. The van der Waals surface area contributed by atoms with Crippen LogP contribution in [0.4, 0.5) is 0 Å². The van der Waals surface area contributed by atoms with E-state index in [1.54, 1.807) is 10.8 Å². The van der Waals surface area contributed by atoms with Gasteiger partial charge in [-0.05, 0) is 50.1 Å². The van der Waals surface area contributed by atoms with E-state index in [9.17, 15) is 4.79 Å². The first kappa shape index (κ1) is 22.0. The molecular formula is C22H30N8O2. The number of aromatic amines is 1. The highest BCUT2D eigenvalue weighted by molar-refractivity contribution is 5.76. The van der Waals surface area contributed by atoms with Gasteiger partial charge in [-0.15, -0.1) is 0 Å². The van der Waals surface area contributed by atoms with Gasteiger partial charge in [-0.25, -0.2) is 4.79 Å². The number of aromatic nitrogens is 3. The molecule has 32 heavy (non-hydrogen) atoms. The summed E-state index contributed by atoms with van der Waals surface area (Å²) in [6.45, 7) is 4.10. The van der Waals surface area contributed by atoms with Crippen LogP contribution in [0.5, 0.6) is 0 Å². The van der Waals surface area contributed by atoms with Gasteiger partial charge >= 0.3 is 5.69 Å². The Kier molecular flexibility index (Phi) is 6.54. The molecule has 1 aromatic carbocycles. The Hall–Kier alpha value is -3.21. The van der Waals surface area contributed by atoms with Gasteiger partial charge in [0.2, 0.25) is 0 Å². The fourth-order valence-corrected chi connectivity index (χ4v) is 3.85. The molecule has 1 unspecified atom stereocenters. The molecule has 0 radical (unpaired) electrons. The third-order valence-corrected chi connectivity index (χ3v) is 5.69. The lowest BCUT2D eigenvalue weighted by Gasteiger charge is -2.08. The van der Waals surface area contributed by atoms with E-state index in [1.807, 2.05) is 37.3 Å². The second kappa shape index (κ2) is 9.51. The van der Waals surface area contributed by atoms with Gasteiger partial charge in [0, 0.05) is 36.4 Å². The summed E-state index contributed by atoms with van der Waals surface area (Å²) >= 11 is 0. The maximum Gasteiger partial charge on any atom is 0.354 e. The summed E-state index contributed by atoms with van der Waals surface area (Å²) < 4.78 is 7.47. The molecule has 8 N–H and O–H groups in total. The number of benzene rings is 1. The van der Waals surface area contributed by atoms with E-state index in [1.165, 1.54) is 0 Å². The van der Waals surface area contributed by atoms with Gasteiger partial charge in [0.05, 0.1) is 17.9 Å². The third kappa shape index (κ3) is 4.98. The van der Waals surface area contributed by atoms with Crippen molar-refractivity contribution in [2.24, 2.45) is 22.2 Å². The zero-order chi connectivity index (χ0) is 22.7. The van der Waals surface area contributed by atoms with Crippen LogP contribution in [0, 0.1) is 0 Å². The van der Waals surface area contributed by atoms with E-state index in [2.05, 4.69) is 20.3 Å². The zero-order valence-electron chi connectivity index (χ0n) is 18.1. The average Bonchev–Trinajstić information content (AvgIpc) is 3.32. The number of nitrogens with zero attached hydrogens (tertiary/aromatic N) is 3. The molecule has 3 heterocycles. The SMILES string of the molecule is C[C@H]1OC(c2cc3cn(-c4ccc(CNCCCN=C(N)N)cc4)c(=O)nc3[nH]2)C[C@H]1N. The number of nitrogens with one attached hydrogen (secondary N) is 2. The smallest absolute Gasteiger partial charge is 0.354 e. The number of aliphatic imine (C=N–C) groups is 1. The van der Waals surface area contributed by atoms with Crippen molar-refractivity contribution in [3.8, 4) is 5.69 Å². The van der Waals surface area contributed by atoms with E-state index < -0.39 is 0 Å². The van der Waals surface area contributed by atoms with Crippen LogP contribution >= 0.6 is 0 Å². The van der Waals surface area contributed by atoms with Crippen LogP contribution in [0.1, 0.15) is 37.1 Å². The van der Waals surface area contributed by atoms with Crippen LogP contribution in [0.2, 0.25) is 0 Å². The zero-order valence-corrected chi connectivity index (χ0v) is 18.1. The normalized spacial score (nSPS) is 20.6. The summed E-state index contributed by atoms with van der Waals surface area (Å²) in [4.78, 5) is 24.0. The fourth-order valence-electron chi connectivity index (χ4n) is 3.85. The van der Waals surface area contributed by atoms with Crippen molar-refractivity contribution in [1.29, 1.82) is 0 Å². The highest BCUT2D eigenvalue weighted by Crippen LogP contribution is 2.32. The van der Waals surface area contributed by atoms with Gasteiger partial charge in [-0.2, -0.15) is 4.98 Å². The lowest BCUT2D eigenvalue weighted by Crippen LogP contribution is -2.26. The molecular weight excluding hydrogens is 408 g/mol. The molecule has 3 atom stereocenters. The molecule has 170 valence electrons. The quantitative estimate of drug-likeness (QED) is 0.196. The number of rotatable bonds is 8. The van der Waals surface area contributed by atoms with Gasteiger partial charge in [0.25, 0.3) is 0 Å². The monoisotopic (exact) mass is 438 g/mol. The Morgan fingerprint density at radius 2 is 2.12 bits per heavy atom. The topological polar surface area (TPSA) is 162 Å². The van der Waals surface area contributed by atoms with E-state index in [-0.39, 0.29) is 29.9 Å².